The van der Waals surface area contributed by atoms with Crippen molar-refractivity contribution in [2.24, 2.45) is 17.8 Å². The summed E-state index contributed by atoms with van der Waals surface area (Å²) >= 11 is 1.70. The molecule has 2 aromatic heterocycles. The Morgan fingerprint density at radius 3 is 3.00 bits per heavy atom. The molecule has 2 saturated carbocycles. The zero-order valence-electron chi connectivity index (χ0n) is 10.8. The van der Waals surface area contributed by atoms with Crippen LogP contribution < -0.4 is 5.73 Å². The Morgan fingerprint density at radius 1 is 1.37 bits per heavy atom. The van der Waals surface area contributed by atoms with Gasteiger partial charge in [-0.1, -0.05) is 17.6 Å². The Kier molecular flexibility index (Phi) is 2.65. The summed E-state index contributed by atoms with van der Waals surface area (Å²) in [4.78, 5) is 1.18. The van der Waals surface area contributed by atoms with Crippen molar-refractivity contribution in [3.05, 3.63) is 23.3 Å². The van der Waals surface area contributed by atoms with Gasteiger partial charge in [-0.25, -0.2) is 0 Å². The molecule has 2 aliphatic carbocycles. The highest BCUT2D eigenvalue weighted by Crippen LogP contribution is 2.50. The van der Waals surface area contributed by atoms with E-state index in [1.165, 1.54) is 30.6 Å². The summed E-state index contributed by atoms with van der Waals surface area (Å²) in [6.07, 6.45) is 6.67. The SMILES string of the molecule is Nc1noc(CC2CC3CCC2C3)c1-c1cccs1. The molecule has 2 aromatic rings. The third-order valence-corrected chi connectivity index (χ3v) is 5.78. The minimum Gasteiger partial charge on any atom is -0.380 e. The van der Waals surface area contributed by atoms with Gasteiger partial charge in [0.05, 0.1) is 5.56 Å². The first-order valence-electron chi connectivity index (χ1n) is 7.09. The fraction of sp³-hybridized carbons (Fsp3) is 0.533. The predicted octanol–water partition coefficient (Wildman–Crippen LogP) is 3.96. The van der Waals surface area contributed by atoms with E-state index >= 15 is 0 Å². The molecule has 0 spiro atoms. The number of anilines is 1. The van der Waals surface area contributed by atoms with Crippen molar-refractivity contribution >= 4 is 17.2 Å². The molecule has 0 aliphatic heterocycles. The second kappa shape index (κ2) is 4.37. The van der Waals surface area contributed by atoms with Crippen LogP contribution >= 0.6 is 11.3 Å². The lowest BCUT2D eigenvalue weighted by molar-refractivity contribution is 0.294. The van der Waals surface area contributed by atoms with Crippen molar-refractivity contribution < 1.29 is 4.52 Å². The van der Waals surface area contributed by atoms with Crippen LogP contribution in [0.4, 0.5) is 5.82 Å². The van der Waals surface area contributed by atoms with Crippen molar-refractivity contribution in [2.45, 2.75) is 32.1 Å². The number of hydrogen-bond donors (Lipinski definition) is 1. The van der Waals surface area contributed by atoms with Gasteiger partial charge in [0.15, 0.2) is 5.82 Å². The highest BCUT2D eigenvalue weighted by atomic mass is 32.1. The summed E-state index contributed by atoms with van der Waals surface area (Å²) in [5.74, 6) is 4.20. The Morgan fingerprint density at radius 2 is 2.32 bits per heavy atom. The molecule has 3 atom stereocenters. The summed E-state index contributed by atoms with van der Waals surface area (Å²) in [6, 6.07) is 4.14. The molecule has 0 radical (unpaired) electrons. The lowest BCUT2D eigenvalue weighted by atomic mass is 9.85. The average Bonchev–Trinajstić information content (AvgIpc) is 3.13. The van der Waals surface area contributed by atoms with E-state index in [0.29, 0.717) is 5.82 Å². The number of nitrogen functional groups attached to an aromatic ring is 1. The molecule has 0 aromatic carbocycles. The van der Waals surface area contributed by atoms with Gasteiger partial charge in [-0.3, -0.25) is 0 Å². The average molecular weight is 274 g/mol. The molecule has 0 saturated heterocycles. The Balaban J connectivity index is 1.62. The number of nitrogens with zero attached hydrogens (tertiary/aromatic N) is 1. The smallest absolute Gasteiger partial charge is 0.175 e. The first-order valence-corrected chi connectivity index (χ1v) is 7.97. The van der Waals surface area contributed by atoms with Crippen LogP contribution in [0.5, 0.6) is 0 Å². The standard InChI is InChI=1S/C15H18N2OS/c16-15-14(13-2-1-5-19-13)12(18-17-15)8-11-7-9-3-4-10(11)6-9/h1-2,5,9-11H,3-4,6-8H2,(H2,16,17). The highest BCUT2D eigenvalue weighted by molar-refractivity contribution is 7.13. The molecule has 2 heterocycles. The molecule has 3 nitrogen and oxygen atoms in total. The van der Waals surface area contributed by atoms with E-state index in [0.717, 1.165) is 35.5 Å². The maximum absolute atomic E-state index is 5.98. The largest absolute Gasteiger partial charge is 0.380 e. The van der Waals surface area contributed by atoms with Gasteiger partial charge in [0.1, 0.15) is 5.76 Å². The van der Waals surface area contributed by atoms with Crippen LogP contribution in [0.1, 0.15) is 31.4 Å². The summed E-state index contributed by atoms with van der Waals surface area (Å²) < 4.78 is 5.52. The molecule has 2 bridgehead atoms. The predicted molar refractivity (Wildman–Crippen MR) is 76.9 cm³/mol. The zero-order chi connectivity index (χ0) is 12.8. The molecule has 2 aliphatic rings. The summed E-state index contributed by atoms with van der Waals surface area (Å²) in [7, 11) is 0. The molecular formula is C15H18N2OS. The van der Waals surface area contributed by atoms with Crippen molar-refractivity contribution in [3.63, 3.8) is 0 Å². The van der Waals surface area contributed by atoms with Crippen molar-refractivity contribution in [2.75, 3.05) is 5.73 Å². The van der Waals surface area contributed by atoms with Crippen LogP contribution in [0.25, 0.3) is 10.4 Å². The Bertz CT molecular complexity index is 575. The normalized spacial score (nSPS) is 29.2. The molecule has 100 valence electrons. The number of aromatic nitrogens is 1. The number of rotatable bonds is 3. The van der Waals surface area contributed by atoms with Crippen LogP contribution in [0.2, 0.25) is 0 Å². The first-order chi connectivity index (χ1) is 9.31. The fourth-order valence-corrected chi connectivity index (χ4v) is 4.82. The molecule has 3 unspecified atom stereocenters. The Hall–Kier alpha value is -1.29. The third kappa shape index (κ3) is 1.89. The van der Waals surface area contributed by atoms with Crippen LogP contribution in [-0.4, -0.2) is 5.16 Å². The van der Waals surface area contributed by atoms with Crippen molar-refractivity contribution in [3.8, 4) is 10.4 Å². The lowest BCUT2D eigenvalue weighted by Gasteiger charge is -2.20. The number of nitrogens with two attached hydrogens (primary N) is 1. The van der Waals surface area contributed by atoms with E-state index in [2.05, 4.69) is 16.6 Å². The summed E-state index contributed by atoms with van der Waals surface area (Å²) in [6.45, 7) is 0. The van der Waals surface area contributed by atoms with E-state index in [1.807, 2.05) is 6.07 Å². The second-order valence-electron chi connectivity index (χ2n) is 5.98. The number of fused-ring (bicyclic) bond motifs is 2. The van der Waals surface area contributed by atoms with Gasteiger partial charge < -0.3 is 10.3 Å². The maximum Gasteiger partial charge on any atom is 0.175 e. The van der Waals surface area contributed by atoms with Crippen molar-refractivity contribution in [1.29, 1.82) is 0 Å². The van der Waals surface area contributed by atoms with E-state index in [9.17, 15) is 0 Å². The zero-order valence-corrected chi connectivity index (χ0v) is 11.7. The lowest BCUT2D eigenvalue weighted by Crippen LogP contribution is -2.13. The summed E-state index contributed by atoms with van der Waals surface area (Å²) in [5, 5.41) is 6.06. The van der Waals surface area contributed by atoms with E-state index in [4.69, 9.17) is 10.3 Å². The van der Waals surface area contributed by atoms with Gasteiger partial charge in [-0.2, -0.15) is 0 Å². The quantitative estimate of drug-likeness (QED) is 0.921. The van der Waals surface area contributed by atoms with Crippen LogP contribution in [0, 0.1) is 17.8 Å². The van der Waals surface area contributed by atoms with Gasteiger partial charge in [0.2, 0.25) is 0 Å². The topological polar surface area (TPSA) is 52.0 Å². The first kappa shape index (κ1) is 11.5. The van der Waals surface area contributed by atoms with Gasteiger partial charge in [-0.15, -0.1) is 11.3 Å². The van der Waals surface area contributed by atoms with Gasteiger partial charge in [0, 0.05) is 11.3 Å². The Labute approximate surface area is 116 Å². The monoisotopic (exact) mass is 274 g/mol. The molecule has 19 heavy (non-hydrogen) atoms. The second-order valence-corrected chi connectivity index (χ2v) is 6.93. The highest BCUT2D eigenvalue weighted by Gasteiger charge is 2.40. The fourth-order valence-electron chi connectivity index (χ4n) is 4.03. The molecule has 2 N–H and O–H groups in total. The molecule has 0 amide bonds. The number of hydrogen-bond acceptors (Lipinski definition) is 4. The van der Waals surface area contributed by atoms with Gasteiger partial charge in [-0.05, 0) is 48.5 Å². The molecule has 4 heteroatoms. The van der Waals surface area contributed by atoms with Gasteiger partial charge >= 0.3 is 0 Å². The molecule has 2 fully saturated rings. The summed E-state index contributed by atoms with van der Waals surface area (Å²) in [5.41, 5.74) is 7.02. The molecular weight excluding hydrogens is 256 g/mol. The van der Waals surface area contributed by atoms with E-state index < -0.39 is 0 Å². The minimum absolute atomic E-state index is 0.542. The van der Waals surface area contributed by atoms with E-state index in [-0.39, 0.29) is 0 Å². The number of thiophene rings is 1. The van der Waals surface area contributed by atoms with Crippen LogP contribution in [-0.2, 0) is 6.42 Å². The van der Waals surface area contributed by atoms with Crippen LogP contribution in [0.3, 0.4) is 0 Å². The van der Waals surface area contributed by atoms with E-state index in [1.54, 1.807) is 11.3 Å². The van der Waals surface area contributed by atoms with Crippen molar-refractivity contribution in [1.82, 2.24) is 5.16 Å². The maximum atomic E-state index is 5.98. The van der Waals surface area contributed by atoms with Gasteiger partial charge in [0.25, 0.3) is 0 Å². The minimum atomic E-state index is 0.542. The van der Waals surface area contributed by atoms with Crippen LogP contribution in [0.15, 0.2) is 22.0 Å². The third-order valence-electron chi connectivity index (χ3n) is 4.89. The molecule has 4 rings (SSSR count).